The van der Waals surface area contributed by atoms with Crippen LogP contribution in [-0.4, -0.2) is 23.3 Å². The molecule has 2 aromatic rings. The van der Waals surface area contributed by atoms with E-state index in [0.717, 1.165) is 30.4 Å². The zero-order valence-electron chi connectivity index (χ0n) is 16.3. The van der Waals surface area contributed by atoms with Gasteiger partial charge in [0, 0.05) is 24.8 Å². The van der Waals surface area contributed by atoms with Gasteiger partial charge in [-0.15, -0.1) is 0 Å². The third-order valence-corrected chi connectivity index (χ3v) is 5.07. The van der Waals surface area contributed by atoms with Crippen LogP contribution in [0.15, 0.2) is 54.2 Å². The largest absolute Gasteiger partial charge is 0.350 e. The van der Waals surface area contributed by atoms with Crippen LogP contribution in [0.3, 0.4) is 0 Å². The molecule has 1 heterocycles. The fraction of sp³-hybridized carbons (Fsp3) is 0.348. The average molecular weight is 377 g/mol. The van der Waals surface area contributed by atoms with Crippen molar-refractivity contribution in [3.63, 3.8) is 0 Å². The first-order chi connectivity index (χ1) is 13.6. The van der Waals surface area contributed by atoms with Gasteiger partial charge in [-0.1, -0.05) is 35.9 Å². The van der Waals surface area contributed by atoms with E-state index in [-0.39, 0.29) is 17.5 Å². The van der Waals surface area contributed by atoms with Crippen molar-refractivity contribution in [3.05, 3.63) is 76.6 Å². The maximum Gasteiger partial charge on any atom is 0.269 e. The van der Waals surface area contributed by atoms with E-state index in [2.05, 4.69) is 21.7 Å². The van der Waals surface area contributed by atoms with E-state index in [0.29, 0.717) is 18.7 Å². The monoisotopic (exact) mass is 377 g/mol. The molecule has 0 bridgehead atoms. The van der Waals surface area contributed by atoms with Crippen LogP contribution >= 0.6 is 0 Å². The second kappa shape index (κ2) is 9.83. The van der Waals surface area contributed by atoms with Crippen molar-refractivity contribution in [2.45, 2.75) is 45.6 Å². The number of aromatic nitrogens is 1. The van der Waals surface area contributed by atoms with E-state index in [9.17, 15) is 9.59 Å². The van der Waals surface area contributed by atoms with Crippen molar-refractivity contribution in [1.29, 1.82) is 0 Å². The predicted octanol–water partition coefficient (Wildman–Crippen LogP) is 3.94. The second-order valence-corrected chi connectivity index (χ2v) is 7.15. The van der Waals surface area contributed by atoms with Crippen LogP contribution in [0, 0.1) is 6.92 Å². The Kier molecular flexibility index (Phi) is 6.95. The molecule has 5 heteroatoms. The van der Waals surface area contributed by atoms with Crippen molar-refractivity contribution in [3.8, 4) is 0 Å². The van der Waals surface area contributed by atoms with Crippen molar-refractivity contribution in [2.75, 3.05) is 6.54 Å². The Labute approximate surface area is 166 Å². The number of rotatable bonds is 7. The fourth-order valence-electron chi connectivity index (χ4n) is 3.34. The highest BCUT2D eigenvalue weighted by Crippen LogP contribution is 2.19. The Balaban J connectivity index is 1.53. The molecule has 0 fully saturated rings. The first kappa shape index (κ1) is 19.8. The SMILES string of the molecule is Cc1ccccc1CNC(=O)c1ccnc(C(=O)NCCC2=CCCCC2)c1. The van der Waals surface area contributed by atoms with E-state index in [1.165, 1.54) is 24.6 Å². The van der Waals surface area contributed by atoms with Gasteiger partial charge < -0.3 is 10.6 Å². The van der Waals surface area contributed by atoms with Gasteiger partial charge in [0.25, 0.3) is 11.8 Å². The fourth-order valence-corrected chi connectivity index (χ4v) is 3.34. The highest BCUT2D eigenvalue weighted by atomic mass is 16.2. The Bertz CT molecular complexity index is 874. The molecule has 3 rings (SSSR count). The molecule has 2 amide bonds. The van der Waals surface area contributed by atoms with Gasteiger partial charge >= 0.3 is 0 Å². The van der Waals surface area contributed by atoms with Gasteiger partial charge in [0.1, 0.15) is 5.69 Å². The Morgan fingerprint density at radius 3 is 2.71 bits per heavy atom. The van der Waals surface area contributed by atoms with Crippen molar-refractivity contribution in [1.82, 2.24) is 15.6 Å². The number of pyridine rings is 1. The van der Waals surface area contributed by atoms with Gasteiger partial charge in [0.05, 0.1) is 0 Å². The summed E-state index contributed by atoms with van der Waals surface area (Å²) in [7, 11) is 0. The molecule has 2 N–H and O–H groups in total. The number of benzene rings is 1. The standard InChI is InChI=1S/C23H27N3O2/c1-17-7-5-6-10-20(17)16-26-22(27)19-12-14-24-21(15-19)23(28)25-13-11-18-8-3-2-4-9-18/h5-8,10,12,14-15H,2-4,9,11,13,16H2,1H3,(H,25,28)(H,26,27). The van der Waals surface area contributed by atoms with Crippen LogP contribution in [0.1, 0.15) is 64.1 Å². The summed E-state index contributed by atoms with van der Waals surface area (Å²) in [6.45, 7) is 3.06. The number of carbonyl (C=O) groups is 2. The minimum Gasteiger partial charge on any atom is -0.350 e. The van der Waals surface area contributed by atoms with Crippen LogP contribution in [0.25, 0.3) is 0 Å². The molecule has 0 atom stereocenters. The summed E-state index contributed by atoms with van der Waals surface area (Å²) < 4.78 is 0. The lowest BCUT2D eigenvalue weighted by Crippen LogP contribution is -2.27. The van der Waals surface area contributed by atoms with E-state index in [1.807, 2.05) is 31.2 Å². The first-order valence-electron chi connectivity index (χ1n) is 9.88. The summed E-state index contributed by atoms with van der Waals surface area (Å²) in [6, 6.07) is 11.1. The van der Waals surface area contributed by atoms with E-state index in [4.69, 9.17) is 0 Å². The molecular weight excluding hydrogens is 350 g/mol. The minimum absolute atomic E-state index is 0.216. The average Bonchev–Trinajstić information content (AvgIpc) is 2.74. The van der Waals surface area contributed by atoms with Crippen LogP contribution in [0.4, 0.5) is 0 Å². The number of allylic oxidation sites excluding steroid dienone is 1. The number of amides is 2. The molecule has 146 valence electrons. The molecule has 0 aliphatic heterocycles. The summed E-state index contributed by atoms with van der Waals surface area (Å²) in [6.07, 6.45) is 9.44. The molecule has 0 radical (unpaired) electrons. The number of nitrogens with one attached hydrogen (secondary N) is 2. The zero-order valence-corrected chi connectivity index (χ0v) is 16.3. The third kappa shape index (κ3) is 5.52. The molecule has 1 aromatic carbocycles. The molecule has 0 spiro atoms. The number of nitrogens with zero attached hydrogens (tertiary/aromatic N) is 1. The Morgan fingerprint density at radius 2 is 1.93 bits per heavy atom. The molecule has 1 aliphatic rings. The molecule has 0 saturated carbocycles. The lowest BCUT2D eigenvalue weighted by atomic mass is 9.97. The first-order valence-corrected chi connectivity index (χ1v) is 9.88. The van der Waals surface area contributed by atoms with Crippen LogP contribution in [0.5, 0.6) is 0 Å². The number of carbonyl (C=O) groups excluding carboxylic acids is 2. The lowest BCUT2D eigenvalue weighted by molar-refractivity contribution is 0.0949. The molecule has 0 unspecified atom stereocenters. The summed E-state index contributed by atoms with van der Waals surface area (Å²) in [4.78, 5) is 28.9. The van der Waals surface area contributed by atoms with Crippen molar-refractivity contribution in [2.24, 2.45) is 0 Å². The lowest BCUT2D eigenvalue weighted by Gasteiger charge is -2.13. The van der Waals surface area contributed by atoms with Gasteiger partial charge in [-0.3, -0.25) is 14.6 Å². The van der Waals surface area contributed by atoms with Crippen molar-refractivity contribution < 1.29 is 9.59 Å². The maximum absolute atomic E-state index is 12.4. The van der Waals surface area contributed by atoms with Gasteiger partial charge in [0.15, 0.2) is 0 Å². The molecule has 1 aliphatic carbocycles. The van der Waals surface area contributed by atoms with E-state index >= 15 is 0 Å². The summed E-state index contributed by atoms with van der Waals surface area (Å²) in [5.74, 6) is -0.461. The smallest absolute Gasteiger partial charge is 0.269 e. The summed E-state index contributed by atoms with van der Waals surface area (Å²) in [5, 5.41) is 5.81. The highest BCUT2D eigenvalue weighted by Gasteiger charge is 2.12. The van der Waals surface area contributed by atoms with E-state index < -0.39 is 0 Å². The van der Waals surface area contributed by atoms with Gasteiger partial charge in [-0.25, -0.2) is 0 Å². The Morgan fingerprint density at radius 1 is 1.07 bits per heavy atom. The number of aryl methyl sites for hydroxylation is 1. The minimum atomic E-state index is -0.245. The number of hydrogen-bond donors (Lipinski definition) is 2. The maximum atomic E-state index is 12.4. The van der Waals surface area contributed by atoms with Gasteiger partial charge in [-0.05, 0) is 62.3 Å². The summed E-state index contributed by atoms with van der Waals surface area (Å²) in [5.41, 5.74) is 4.32. The molecule has 1 aromatic heterocycles. The molecular formula is C23H27N3O2. The van der Waals surface area contributed by atoms with Gasteiger partial charge in [-0.2, -0.15) is 0 Å². The second-order valence-electron chi connectivity index (χ2n) is 7.15. The van der Waals surface area contributed by atoms with Crippen LogP contribution < -0.4 is 10.6 Å². The number of hydrogen-bond acceptors (Lipinski definition) is 3. The Hall–Kier alpha value is -2.95. The quantitative estimate of drug-likeness (QED) is 0.718. The molecule has 0 saturated heterocycles. The summed E-state index contributed by atoms with van der Waals surface area (Å²) >= 11 is 0. The zero-order chi connectivity index (χ0) is 19.8. The molecule has 28 heavy (non-hydrogen) atoms. The van der Waals surface area contributed by atoms with Gasteiger partial charge in [0.2, 0.25) is 0 Å². The van der Waals surface area contributed by atoms with Crippen molar-refractivity contribution >= 4 is 11.8 Å². The van der Waals surface area contributed by atoms with Crippen LogP contribution in [0.2, 0.25) is 0 Å². The molecule has 5 nitrogen and oxygen atoms in total. The topological polar surface area (TPSA) is 71.1 Å². The van der Waals surface area contributed by atoms with Crippen LogP contribution in [-0.2, 0) is 6.54 Å². The third-order valence-electron chi connectivity index (χ3n) is 5.07. The highest BCUT2D eigenvalue weighted by molar-refractivity contribution is 5.98. The predicted molar refractivity (Wildman–Crippen MR) is 110 cm³/mol. The van der Waals surface area contributed by atoms with E-state index in [1.54, 1.807) is 12.1 Å². The normalized spacial score (nSPS) is 13.5.